The van der Waals surface area contributed by atoms with Crippen LogP contribution in [-0.2, 0) is 22.9 Å². The van der Waals surface area contributed by atoms with Gasteiger partial charge in [-0.25, -0.2) is 14.5 Å². The standard InChI is InChI=1S/C29H41N7O4S.2H2/c1-20-18-21-6-5-7-24(21)28(33-29(37)34-41(38,39)25(30)9-12-31-14-17-35(2)3)27(20)22-8-13-32-26(19-22)40-23-10-15-36(4)16-11-23;;/h8-9,12-13,18-19,23H,5-7,10-11,14-17,30H2,1-4H3,(H2,33,34,37);2*1H/b25-9+,31-12?;;. The first kappa shape index (κ1) is 30.5. The fraction of sp³-hybridized carbons (Fsp3) is 0.483. The number of carbonyl (C=O) groups excluding carboxylic acids is 1. The van der Waals surface area contributed by atoms with Crippen LogP contribution in [-0.4, -0.2) is 88.9 Å². The number of rotatable bonds is 10. The fourth-order valence-corrected chi connectivity index (χ4v) is 5.83. The van der Waals surface area contributed by atoms with E-state index in [1.807, 2.05) is 42.8 Å². The van der Waals surface area contributed by atoms with Gasteiger partial charge in [0.15, 0.2) is 0 Å². The number of hydrogen-bond acceptors (Lipinski definition) is 9. The number of sulfonamides is 1. The highest BCUT2D eigenvalue weighted by Gasteiger charge is 2.25. The Morgan fingerprint density at radius 3 is 2.78 bits per heavy atom. The molecule has 4 rings (SSSR count). The summed E-state index contributed by atoms with van der Waals surface area (Å²) in [6, 6.07) is 5.02. The molecule has 2 aliphatic rings. The Labute approximate surface area is 245 Å². The van der Waals surface area contributed by atoms with Crippen molar-refractivity contribution in [2.24, 2.45) is 10.7 Å². The van der Waals surface area contributed by atoms with Gasteiger partial charge in [-0.15, -0.1) is 0 Å². The van der Waals surface area contributed by atoms with E-state index in [1.54, 1.807) is 6.20 Å². The highest BCUT2D eigenvalue weighted by molar-refractivity contribution is 7.93. The molecule has 0 spiro atoms. The van der Waals surface area contributed by atoms with Crippen LogP contribution in [0.5, 0.6) is 5.88 Å². The van der Waals surface area contributed by atoms with E-state index in [1.165, 1.54) is 12.3 Å². The molecule has 0 bridgehead atoms. The molecule has 1 aliphatic carbocycles. The zero-order chi connectivity index (χ0) is 29.6. The van der Waals surface area contributed by atoms with Gasteiger partial charge in [0.2, 0.25) is 5.88 Å². The molecule has 41 heavy (non-hydrogen) atoms. The summed E-state index contributed by atoms with van der Waals surface area (Å²) < 4.78 is 33.8. The quantitative estimate of drug-likeness (QED) is 0.359. The average Bonchev–Trinajstić information content (AvgIpc) is 3.38. The van der Waals surface area contributed by atoms with Crippen molar-refractivity contribution >= 4 is 28.0 Å². The number of fused-ring (bicyclic) bond motifs is 1. The van der Waals surface area contributed by atoms with Gasteiger partial charge in [0.05, 0.1) is 12.2 Å². The number of benzene rings is 1. The van der Waals surface area contributed by atoms with Gasteiger partial charge in [-0.2, -0.15) is 8.42 Å². The maximum absolute atomic E-state index is 13.1. The predicted octanol–water partition coefficient (Wildman–Crippen LogP) is 3.39. The van der Waals surface area contributed by atoms with Gasteiger partial charge in [0.1, 0.15) is 11.1 Å². The molecule has 2 heterocycles. The number of likely N-dealkylation sites (tertiary alicyclic amines) is 1. The predicted molar refractivity (Wildman–Crippen MR) is 167 cm³/mol. The molecule has 11 nitrogen and oxygen atoms in total. The van der Waals surface area contributed by atoms with Gasteiger partial charge in [0.25, 0.3) is 10.0 Å². The average molecular weight is 588 g/mol. The second kappa shape index (κ2) is 13.5. The highest BCUT2D eigenvalue weighted by atomic mass is 32.2. The van der Waals surface area contributed by atoms with Crippen LogP contribution in [0, 0.1) is 6.92 Å². The topological polar surface area (TPSA) is 142 Å². The van der Waals surface area contributed by atoms with E-state index in [4.69, 9.17) is 10.5 Å². The van der Waals surface area contributed by atoms with Crippen molar-refractivity contribution in [3.8, 4) is 17.0 Å². The van der Waals surface area contributed by atoms with Gasteiger partial charge >= 0.3 is 6.03 Å². The smallest absolute Gasteiger partial charge is 0.333 e. The second-order valence-electron chi connectivity index (χ2n) is 10.9. The molecule has 0 saturated carbocycles. The number of piperidine rings is 1. The normalized spacial score (nSPS) is 16.8. The number of hydrogen-bond donors (Lipinski definition) is 3. The first-order valence-electron chi connectivity index (χ1n) is 13.9. The van der Waals surface area contributed by atoms with Crippen LogP contribution in [0.4, 0.5) is 10.5 Å². The Bertz CT molecular complexity index is 1430. The highest BCUT2D eigenvalue weighted by Crippen LogP contribution is 2.40. The minimum Gasteiger partial charge on any atom is -0.474 e. The number of amides is 2. The number of nitrogens with two attached hydrogens (primary N) is 1. The molecular weight excluding hydrogens is 542 g/mol. The second-order valence-corrected chi connectivity index (χ2v) is 12.6. The molecule has 1 saturated heterocycles. The van der Waals surface area contributed by atoms with Crippen LogP contribution in [0.25, 0.3) is 11.1 Å². The van der Waals surface area contributed by atoms with Gasteiger partial charge in [-0.3, -0.25) is 4.99 Å². The molecule has 226 valence electrons. The summed E-state index contributed by atoms with van der Waals surface area (Å²) in [5.41, 5.74) is 11.1. The van der Waals surface area contributed by atoms with E-state index in [9.17, 15) is 13.2 Å². The number of likely N-dealkylation sites (N-methyl/N-ethyl adjacent to an activating group) is 1. The number of urea groups is 1. The van der Waals surface area contributed by atoms with Crippen molar-refractivity contribution in [2.75, 3.05) is 52.6 Å². The molecule has 1 aromatic heterocycles. The molecule has 0 radical (unpaired) electrons. The van der Waals surface area contributed by atoms with Crippen molar-refractivity contribution in [1.82, 2.24) is 19.5 Å². The van der Waals surface area contributed by atoms with E-state index >= 15 is 0 Å². The number of pyridine rings is 1. The van der Waals surface area contributed by atoms with Crippen LogP contribution < -0.4 is 20.5 Å². The van der Waals surface area contributed by atoms with E-state index in [0.717, 1.165) is 73.0 Å². The number of nitrogens with zero attached hydrogens (tertiary/aromatic N) is 4. The van der Waals surface area contributed by atoms with Crippen molar-refractivity contribution in [3.05, 3.63) is 52.2 Å². The number of ether oxygens (including phenoxy) is 1. The summed E-state index contributed by atoms with van der Waals surface area (Å²) in [5.74, 6) is 0.528. The molecule has 1 aromatic carbocycles. The summed E-state index contributed by atoms with van der Waals surface area (Å²) in [4.78, 5) is 25.9. The van der Waals surface area contributed by atoms with Crippen LogP contribution in [0.3, 0.4) is 0 Å². The summed E-state index contributed by atoms with van der Waals surface area (Å²) in [5, 5.41) is 2.34. The SMILES string of the molecule is Cc1cc2c(c(NC(=O)NS(=O)(=O)/C(N)=C/C=NCCN(C)C)c1-c1ccnc(OC3CCN(C)CC3)c1)CCC2.[HH].[HH]. The molecule has 2 aromatic rings. The Hall–Kier alpha value is -3.48. The number of nitrogens with one attached hydrogen (secondary N) is 2. The number of aliphatic imine (C=N–C) groups is 1. The summed E-state index contributed by atoms with van der Waals surface area (Å²) >= 11 is 0. The Balaban J connectivity index is 0.00000323. The lowest BCUT2D eigenvalue weighted by molar-refractivity contribution is 0.110. The third-order valence-corrected chi connectivity index (χ3v) is 8.58. The number of anilines is 1. The molecule has 1 fully saturated rings. The Morgan fingerprint density at radius 1 is 1.29 bits per heavy atom. The maximum atomic E-state index is 13.1. The minimum atomic E-state index is -4.27. The number of aromatic nitrogens is 1. The third-order valence-electron chi connectivity index (χ3n) is 7.37. The Morgan fingerprint density at radius 2 is 2.05 bits per heavy atom. The third kappa shape index (κ3) is 8.05. The first-order chi connectivity index (χ1) is 19.5. The van der Waals surface area contributed by atoms with Crippen LogP contribution >= 0.6 is 0 Å². The number of carbonyl (C=O) groups is 1. The fourth-order valence-electron chi connectivity index (χ4n) is 5.17. The molecule has 2 amide bonds. The molecular formula is C29H45N7O4S. The van der Waals surface area contributed by atoms with Gasteiger partial charge in [-0.1, -0.05) is 6.07 Å². The molecule has 12 heteroatoms. The molecule has 1 aliphatic heterocycles. The lowest BCUT2D eigenvalue weighted by atomic mass is 9.93. The van der Waals surface area contributed by atoms with Crippen molar-refractivity contribution < 1.29 is 20.8 Å². The lowest BCUT2D eigenvalue weighted by Crippen LogP contribution is -2.37. The van der Waals surface area contributed by atoms with Gasteiger partial charge in [-0.05, 0) is 94.6 Å². The zero-order valence-electron chi connectivity index (χ0n) is 24.3. The van der Waals surface area contributed by atoms with E-state index < -0.39 is 21.1 Å². The van der Waals surface area contributed by atoms with Crippen LogP contribution in [0.1, 0.15) is 38.8 Å². The van der Waals surface area contributed by atoms with Gasteiger partial charge in [0, 0.05) is 46.5 Å². The summed E-state index contributed by atoms with van der Waals surface area (Å²) in [6.45, 7) is 5.14. The van der Waals surface area contributed by atoms with E-state index in [-0.39, 0.29) is 8.96 Å². The monoisotopic (exact) mass is 587 g/mol. The molecule has 0 atom stereocenters. The number of allylic oxidation sites excluding steroid dienone is 1. The maximum Gasteiger partial charge on any atom is 0.333 e. The number of aryl methyl sites for hydroxylation is 2. The largest absolute Gasteiger partial charge is 0.474 e. The van der Waals surface area contributed by atoms with Crippen molar-refractivity contribution in [1.29, 1.82) is 0 Å². The lowest BCUT2D eigenvalue weighted by Gasteiger charge is -2.29. The van der Waals surface area contributed by atoms with Crippen LogP contribution in [0.2, 0.25) is 0 Å². The summed E-state index contributed by atoms with van der Waals surface area (Å²) in [6.07, 6.45) is 8.79. The minimum absolute atomic E-state index is 0. The zero-order valence-corrected chi connectivity index (χ0v) is 25.1. The van der Waals surface area contributed by atoms with Crippen molar-refractivity contribution in [3.63, 3.8) is 0 Å². The van der Waals surface area contributed by atoms with Crippen molar-refractivity contribution in [2.45, 2.75) is 45.1 Å². The van der Waals surface area contributed by atoms with E-state index in [0.29, 0.717) is 24.7 Å². The van der Waals surface area contributed by atoms with Crippen LogP contribution in [0.15, 0.2) is 40.5 Å². The molecule has 4 N–H and O–H groups in total. The molecule has 0 unspecified atom stereocenters. The van der Waals surface area contributed by atoms with E-state index in [2.05, 4.69) is 33.3 Å². The summed E-state index contributed by atoms with van der Waals surface area (Å²) in [7, 11) is 1.67. The first-order valence-corrected chi connectivity index (χ1v) is 15.4. The van der Waals surface area contributed by atoms with Gasteiger partial charge < -0.3 is 25.6 Å². The Kier molecular flexibility index (Phi) is 10.0.